The molecule has 0 spiro atoms. The van der Waals surface area contributed by atoms with Crippen LogP contribution >= 0.6 is 11.6 Å². The Balaban J connectivity index is 1.70. The molecule has 0 unspecified atom stereocenters. The second kappa shape index (κ2) is 6.70. The zero-order valence-electron chi connectivity index (χ0n) is 14.2. The minimum atomic E-state index is -0.778. The van der Waals surface area contributed by atoms with Crippen molar-refractivity contribution in [3.05, 3.63) is 58.4 Å². The number of carbonyl (C=O) groups excluding carboxylic acids is 2. The number of hydrogen-bond acceptors (Lipinski definition) is 4. The van der Waals surface area contributed by atoms with Gasteiger partial charge in [-0.05, 0) is 56.0 Å². The molecule has 7 heteroatoms. The molecule has 1 aliphatic heterocycles. The highest BCUT2D eigenvalue weighted by Crippen LogP contribution is 2.40. The maximum absolute atomic E-state index is 14.6. The van der Waals surface area contributed by atoms with Crippen LogP contribution in [0.4, 0.5) is 10.1 Å². The zero-order valence-corrected chi connectivity index (χ0v) is 14.9. The summed E-state index contributed by atoms with van der Waals surface area (Å²) in [5.74, 6) is -1.20. The number of imide groups is 1. The van der Waals surface area contributed by atoms with Gasteiger partial charge in [-0.1, -0.05) is 11.6 Å². The first kappa shape index (κ1) is 17.5. The van der Waals surface area contributed by atoms with Gasteiger partial charge >= 0.3 is 0 Å². The van der Waals surface area contributed by atoms with Crippen LogP contribution in [0.5, 0.6) is 17.2 Å². The summed E-state index contributed by atoms with van der Waals surface area (Å²) in [5.41, 5.74) is 0.765. The molecule has 1 heterocycles. The van der Waals surface area contributed by atoms with Crippen LogP contribution < -0.4 is 9.64 Å². The summed E-state index contributed by atoms with van der Waals surface area (Å²) >= 11 is 6.07. The highest BCUT2D eigenvalue weighted by molar-refractivity contribution is 6.34. The Morgan fingerprint density at radius 3 is 2.19 bits per heavy atom. The topological polar surface area (TPSA) is 66.8 Å². The average molecular weight is 388 g/mol. The molecule has 0 saturated carbocycles. The van der Waals surface area contributed by atoms with Gasteiger partial charge in [-0.3, -0.25) is 9.59 Å². The molecular weight excluding hydrogens is 373 g/mol. The van der Waals surface area contributed by atoms with E-state index in [1.54, 1.807) is 0 Å². The van der Waals surface area contributed by atoms with Gasteiger partial charge in [0, 0.05) is 17.2 Å². The molecule has 0 radical (unpaired) electrons. The van der Waals surface area contributed by atoms with Crippen molar-refractivity contribution in [1.29, 1.82) is 0 Å². The number of carbonyl (C=O) groups is 2. The van der Waals surface area contributed by atoms with E-state index in [1.807, 2.05) is 0 Å². The van der Waals surface area contributed by atoms with E-state index in [1.165, 1.54) is 30.3 Å². The van der Waals surface area contributed by atoms with Crippen LogP contribution in [0.3, 0.4) is 0 Å². The molecule has 1 aliphatic carbocycles. The van der Waals surface area contributed by atoms with Crippen LogP contribution in [0, 0.1) is 5.82 Å². The second-order valence-corrected chi connectivity index (χ2v) is 6.85. The summed E-state index contributed by atoms with van der Waals surface area (Å²) in [6.07, 6.45) is 2.74. The summed E-state index contributed by atoms with van der Waals surface area (Å²) in [6.45, 7) is 0. The van der Waals surface area contributed by atoms with Crippen molar-refractivity contribution in [3.63, 3.8) is 0 Å². The summed E-state index contributed by atoms with van der Waals surface area (Å²) in [5, 5.41) is 9.34. The van der Waals surface area contributed by atoms with Gasteiger partial charge in [-0.15, -0.1) is 0 Å². The van der Waals surface area contributed by atoms with Crippen molar-refractivity contribution in [1.82, 2.24) is 0 Å². The summed E-state index contributed by atoms with van der Waals surface area (Å²) in [6, 6.07) is 8.16. The van der Waals surface area contributed by atoms with E-state index in [4.69, 9.17) is 16.3 Å². The van der Waals surface area contributed by atoms with Crippen molar-refractivity contribution in [2.45, 2.75) is 25.7 Å². The van der Waals surface area contributed by atoms with Gasteiger partial charge in [0.25, 0.3) is 11.8 Å². The second-order valence-electron chi connectivity index (χ2n) is 6.44. The van der Waals surface area contributed by atoms with E-state index in [0.717, 1.165) is 23.8 Å². The highest BCUT2D eigenvalue weighted by atomic mass is 35.5. The van der Waals surface area contributed by atoms with Gasteiger partial charge in [0.2, 0.25) is 0 Å². The number of phenols is 1. The molecule has 5 nitrogen and oxygen atoms in total. The molecule has 0 saturated heterocycles. The van der Waals surface area contributed by atoms with E-state index in [2.05, 4.69) is 0 Å². The lowest BCUT2D eigenvalue weighted by Crippen LogP contribution is -2.32. The third-order valence-electron chi connectivity index (χ3n) is 4.70. The lowest BCUT2D eigenvalue weighted by Gasteiger charge is -2.18. The molecular formula is C20H15ClFNO4. The molecule has 4 rings (SSSR count). The maximum Gasteiger partial charge on any atom is 0.261 e. The maximum atomic E-state index is 14.6. The largest absolute Gasteiger partial charge is 0.508 e. The summed E-state index contributed by atoms with van der Waals surface area (Å²) < 4.78 is 20.2. The number of amides is 2. The van der Waals surface area contributed by atoms with E-state index in [0.29, 0.717) is 29.7 Å². The number of hydrogen-bond donors (Lipinski definition) is 1. The minimum absolute atomic E-state index is 0.00106. The van der Waals surface area contributed by atoms with Crippen LogP contribution in [-0.2, 0) is 9.59 Å². The van der Waals surface area contributed by atoms with Crippen LogP contribution in [-0.4, -0.2) is 16.9 Å². The quantitative estimate of drug-likeness (QED) is 0.774. The SMILES string of the molecule is O=C1C2=C(CCCC2)C(=O)N1c1cc(Oc2ccc(O)cc2)c(Cl)cc1F. The molecule has 0 atom stereocenters. The van der Waals surface area contributed by atoms with Crippen LogP contribution in [0.15, 0.2) is 47.5 Å². The van der Waals surface area contributed by atoms with Gasteiger partial charge in [0.15, 0.2) is 0 Å². The van der Waals surface area contributed by atoms with Gasteiger partial charge in [0.1, 0.15) is 23.1 Å². The van der Waals surface area contributed by atoms with Gasteiger partial charge in [0.05, 0.1) is 10.7 Å². The van der Waals surface area contributed by atoms with E-state index in [-0.39, 0.29) is 22.2 Å². The molecule has 2 aliphatic rings. The third-order valence-corrected chi connectivity index (χ3v) is 4.99. The number of halogens is 2. The first-order valence-electron chi connectivity index (χ1n) is 8.52. The number of benzene rings is 2. The number of nitrogens with zero attached hydrogens (tertiary/aromatic N) is 1. The van der Waals surface area contributed by atoms with Crippen molar-refractivity contribution in [3.8, 4) is 17.2 Å². The Hall–Kier alpha value is -2.86. The molecule has 0 bridgehead atoms. The van der Waals surface area contributed by atoms with Crippen molar-refractivity contribution >= 4 is 29.1 Å². The van der Waals surface area contributed by atoms with E-state index >= 15 is 0 Å². The summed E-state index contributed by atoms with van der Waals surface area (Å²) in [7, 11) is 0. The Labute approximate surface area is 159 Å². The smallest absolute Gasteiger partial charge is 0.261 e. The molecule has 1 N–H and O–H groups in total. The summed E-state index contributed by atoms with van der Waals surface area (Å²) in [4.78, 5) is 26.2. The molecule has 2 amide bonds. The number of phenolic OH excluding ortho intramolecular Hbond substituents is 1. The lowest BCUT2D eigenvalue weighted by molar-refractivity contribution is -0.120. The van der Waals surface area contributed by atoms with Crippen molar-refractivity contribution in [2.24, 2.45) is 0 Å². The van der Waals surface area contributed by atoms with Crippen LogP contribution in [0.1, 0.15) is 25.7 Å². The Morgan fingerprint density at radius 1 is 1.00 bits per heavy atom. The monoisotopic (exact) mass is 387 g/mol. The van der Waals surface area contributed by atoms with E-state index < -0.39 is 17.6 Å². The predicted molar refractivity (Wildman–Crippen MR) is 97.6 cm³/mol. The molecule has 0 fully saturated rings. The van der Waals surface area contributed by atoms with Crippen LogP contribution in [0.2, 0.25) is 5.02 Å². The van der Waals surface area contributed by atoms with Gasteiger partial charge in [-0.2, -0.15) is 0 Å². The molecule has 27 heavy (non-hydrogen) atoms. The van der Waals surface area contributed by atoms with Gasteiger partial charge in [-0.25, -0.2) is 9.29 Å². The Morgan fingerprint density at radius 2 is 1.59 bits per heavy atom. The molecule has 0 aromatic heterocycles. The fourth-order valence-electron chi connectivity index (χ4n) is 3.37. The average Bonchev–Trinajstić information content (AvgIpc) is 2.91. The highest BCUT2D eigenvalue weighted by Gasteiger charge is 2.41. The first-order chi connectivity index (χ1) is 13.0. The normalized spacial score (nSPS) is 16.7. The number of rotatable bonds is 3. The van der Waals surface area contributed by atoms with E-state index in [9.17, 15) is 19.1 Å². The fourth-order valence-corrected chi connectivity index (χ4v) is 3.56. The van der Waals surface area contributed by atoms with Crippen molar-refractivity contribution in [2.75, 3.05) is 4.90 Å². The Bertz CT molecular complexity index is 956. The molecule has 2 aromatic carbocycles. The number of anilines is 1. The predicted octanol–water partition coefficient (Wildman–Crippen LogP) is 4.72. The third kappa shape index (κ3) is 3.06. The minimum Gasteiger partial charge on any atom is -0.508 e. The Kier molecular flexibility index (Phi) is 4.36. The number of ether oxygens (including phenoxy) is 1. The number of aromatic hydroxyl groups is 1. The van der Waals surface area contributed by atoms with Crippen molar-refractivity contribution < 1.29 is 23.8 Å². The van der Waals surface area contributed by atoms with Crippen LogP contribution in [0.25, 0.3) is 0 Å². The fraction of sp³-hybridized carbons (Fsp3) is 0.200. The standard InChI is InChI=1S/C20H15ClFNO4/c21-15-9-16(22)17(10-18(15)27-12-7-5-11(24)6-8-12)23-19(25)13-3-1-2-4-14(13)20(23)26/h5-10,24H,1-4H2. The first-order valence-corrected chi connectivity index (χ1v) is 8.90. The van der Waals surface area contributed by atoms with Gasteiger partial charge < -0.3 is 9.84 Å². The lowest BCUT2D eigenvalue weighted by atomic mass is 9.93. The zero-order chi connectivity index (χ0) is 19.1. The molecule has 138 valence electrons. The molecule has 2 aromatic rings.